The van der Waals surface area contributed by atoms with Crippen LogP contribution in [0.25, 0.3) is 0 Å². The zero-order valence-corrected chi connectivity index (χ0v) is 13.5. The third-order valence-electron chi connectivity index (χ3n) is 3.90. The number of hydrogen-bond donors (Lipinski definition) is 1. The second-order valence-corrected chi connectivity index (χ2v) is 7.46. The smallest absolute Gasteiger partial charge is 0.0465 e. The molecule has 2 atom stereocenters. The Morgan fingerprint density at radius 1 is 1.37 bits per heavy atom. The predicted molar refractivity (Wildman–Crippen MR) is 84.7 cm³/mol. The van der Waals surface area contributed by atoms with Gasteiger partial charge >= 0.3 is 0 Å². The lowest BCUT2D eigenvalue weighted by molar-refractivity contribution is 0.109. The Bertz CT molecular complexity index is 359. The minimum atomic E-state index is 0.594. The highest BCUT2D eigenvalue weighted by atomic mass is 32.1. The Kier molecular flexibility index (Phi) is 5.43. The molecule has 0 saturated carbocycles. The summed E-state index contributed by atoms with van der Waals surface area (Å²) in [6, 6.07) is 5.74. The van der Waals surface area contributed by atoms with Crippen molar-refractivity contribution in [2.45, 2.75) is 46.2 Å². The number of piperazine rings is 1. The van der Waals surface area contributed by atoms with Crippen molar-refractivity contribution in [3.63, 3.8) is 0 Å². The Balaban J connectivity index is 2.05. The normalized spacial score (nSPS) is 23.2. The van der Waals surface area contributed by atoms with Crippen molar-refractivity contribution >= 4 is 11.3 Å². The number of hydrogen-bond acceptors (Lipinski definition) is 3. The van der Waals surface area contributed by atoms with Crippen LogP contribution < -0.4 is 5.32 Å². The number of thiophene rings is 1. The van der Waals surface area contributed by atoms with E-state index in [9.17, 15) is 0 Å². The van der Waals surface area contributed by atoms with Gasteiger partial charge in [0.25, 0.3) is 0 Å². The van der Waals surface area contributed by atoms with Crippen LogP contribution in [0, 0.1) is 11.8 Å². The second-order valence-electron chi connectivity index (χ2n) is 6.48. The SMILES string of the molecule is CC(C)CC1CN(C(c2cccs2)C(C)C)CCN1. The zero-order valence-electron chi connectivity index (χ0n) is 12.7. The molecule has 1 aromatic rings. The van der Waals surface area contributed by atoms with E-state index in [-0.39, 0.29) is 0 Å². The van der Waals surface area contributed by atoms with Gasteiger partial charge in [0.2, 0.25) is 0 Å². The number of rotatable bonds is 5. The third kappa shape index (κ3) is 4.04. The molecule has 19 heavy (non-hydrogen) atoms. The molecule has 2 heterocycles. The molecule has 0 aliphatic carbocycles. The molecule has 2 rings (SSSR count). The van der Waals surface area contributed by atoms with Crippen LogP contribution in [-0.2, 0) is 0 Å². The highest BCUT2D eigenvalue weighted by molar-refractivity contribution is 7.10. The lowest BCUT2D eigenvalue weighted by atomic mass is 9.96. The Hall–Kier alpha value is -0.380. The fourth-order valence-electron chi connectivity index (χ4n) is 3.22. The Morgan fingerprint density at radius 3 is 2.74 bits per heavy atom. The van der Waals surface area contributed by atoms with E-state index in [0.29, 0.717) is 18.0 Å². The average molecular weight is 280 g/mol. The third-order valence-corrected chi connectivity index (χ3v) is 4.85. The molecule has 0 radical (unpaired) electrons. The van der Waals surface area contributed by atoms with E-state index < -0.39 is 0 Å². The lowest BCUT2D eigenvalue weighted by Crippen LogP contribution is -2.52. The molecular formula is C16H28N2S. The van der Waals surface area contributed by atoms with Crippen molar-refractivity contribution < 1.29 is 0 Å². The van der Waals surface area contributed by atoms with Crippen molar-refractivity contribution in [1.29, 1.82) is 0 Å². The first-order valence-electron chi connectivity index (χ1n) is 7.58. The fourth-order valence-corrected chi connectivity index (χ4v) is 4.25. The van der Waals surface area contributed by atoms with Crippen molar-refractivity contribution in [3.05, 3.63) is 22.4 Å². The van der Waals surface area contributed by atoms with Gasteiger partial charge in [-0.2, -0.15) is 0 Å². The first kappa shape index (κ1) is 15.0. The van der Waals surface area contributed by atoms with Gasteiger partial charge in [0.1, 0.15) is 0 Å². The van der Waals surface area contributed by atoms with E-state index in [1.54, 1.807) is 0 Å². The van der Waals surface area contributed by atoms with Crippen LogP contribution in [0.1, 0.15) is 45.0 Å². The van der Waals surface area contributed by atoms with E-state index in [1.165, 1.54) is 24.4 Å². The first-order valence-corrected chi connectivity index (χ1v) is 8.46. The highest BCUT2D eigenvalue weighted by Crippen LogP contribution is 2.32. The largest absolute Gasteiger partial charge is 0.311 e. The second kappa shape index (κ2) is 6.87. The van der Waals surface area contributed by atoms with Gasteiger partial charge in [0.05, 0.1) is 0 Å². The monoisotopic (exact) mass is 280 g/mol. The summed E-state index contributed by atoms with van der Waals surface area (Å²) in [4.78, 5) is 4.22. The van der Waals surface area contributed by atoms with Gasteiger partial charge in [-0.15, -0.1) is 11.3 Å². The molecule has 1 saturated heterocycles. The predicted octanol–water partition coefficient (Wildman–Crippen LogP) is 3.77. The summed E-state index contributed by atoms with van der Waals surface area (Å²) in [6.45, 7) is 12.8. The lowest BCUT2D eigenvalue weighted by Gasteiger charge is -2.40. The minimum Gasteiger partial charge on any atom is -0.311 e. The molecule has 2 unspecified atom stereocenters. The summed E-state index contributed by atoms with van der Waals surface area (Å²) in [6.07, 6.45) is 1.28. The quantitative estimate of drug-likeness (QED) is 0.883. The van der Waals surface area contributed by atoms with E-state index in [4.69, 9.17) is 0 Å². The summed E-state index contributed by atoms with van der Waals surface area (Å²) in [5.41, 5.74) is 0. The minimum absolute atomic E-state index is 0.594. The highest BCUT2D eigenvalue weighted by Gasteiger charge is 2.29. The summed E-state index contributed by atoms with van der Waals surface area (Å²) in [5.74, 6) is 1.45. The van der Waals surface area contributed by atoms with Gasteiger partial charge in [0.15, 0.2) is 0 Å². The average Bonchev–Trinajstić information content (AvgIpc) is 2.82. The molecule has 3 heteroatoms. The van der Waals surface area contributed by atoms with E-state index in [1.807, 2.05) is 11.3 Å². The van der Waals surface area contributed by atoms with Gasteiger partial charge in [-0.3, -0.25) is 4.90 Å². The Morgan fingerprint density at radius 2 is 2.16 bits per heavy atom. The maximum Gasteiger partial charge on any atom is 0.0465 e. The molecule has 1 fully saturated rings. The zero-order chi connectivity index (χ0) is 13.8. The van der Waals surface area contributed by atoms with Gasteiger partial charge < -0.3 is 5.32 Å². The molecule has 1 aromatic heterocycles. The van der Waals surface area contributed by atoms with Crippen molar-refractivity contribution in [3.8, 4) is 0 Å². The molecule has 1 aliphatic heterocycles. The summed E-state index contributed by atoms with van der Waals surface area (Å²) in [5, 5.41) is 5.89. The summed E-state index contributed by atoms with van der Waals surface area (Å²) < 4.78 is 0. The Labute approximate surface area is 122 Å². The fraction of sp³-hybridized carbons (Fsp3) is 0.750. The topological polar surface area (TPSA) is 15.3 Å². The maximum atomic E-state index is 3.68. The van der Waals surface area contributed by atoms with Gasteiger partial charge in [-0.05, 0) is 29.7 Å². The maximum absolute atomic E-state index is 3.68. The van der Waals surface area contributed by atoms with Gasteiger partial charge in [-0.25, -0.2) is 0 Å². The van der Waals surface area contributed by atoms with Crippen LogP contribution in [0.15, 0.2) is 17.5 Å². The van der Waals surface area contributed by atoms with Crippen LogP contribution >= 0.6 is 11.3 Å². The van der Waals surface area contributed by atoms with Crippen LogP contribution in [-0.4, -0.2) is 30.6 Å². The molecule has 2 nitrogen and oxygen atoms in total. The van der Waals surface area contributed by atoms with Crippen LogP contribution in [0.4, 0.5) is 0 Å². The van der Waals surface area contributed by atoms with Crippen LogP contribution in [0.2, 0.25) is 0 Å². The standard InChI is InChI=1S/C16H28N2S/c1-12(2)10-14-11-18(8-7-17-14)16(13(3)4)15-6-5-9-19-15/h5-6,9,12-14,16-17H,7-8,10-11H2,1-4H3. The molecule has 1 aliphatic rings. The molecule has 0 spiro atoms. The molecule has 0 bridgehead atoms. The molecule has 1 N–H and O–H groups in total. The van der Waals surface area contributed by atoms with Gasteiger partial charge in [0, 0.05) is 36.6 Å². The molecule has 0 aromatic carbocycles. The molecule has 0 amide bonds. The molecule has 108 valence electrons. The van der Waals surface area contributed by atoms with Crippen LogP contribution in [0.3, 0.4) is 0 Å². The van der Waals surface area contributed by atoms with Crippen LogP contribution in [0.5, 0.6) is 0 Å². The van der Waals surface area contributed by atoms with Crippen molar-refractivity contribution in [1.82, 2.24) is 10.2 Å². The van der Waals surface area contributed by atoms with Crippen molar-refractivity contribution in [2.24, 2.45) is 11.8 Å². The van der Waals surface area contributed by atoms with E-state index in [2.05, 4.69) is 55.4 Å². The summed E-state index contributed by atoms with van der Waals surface area (Å²) in [7, 11) is 0. The molecular weight excluding hydrogens is 252 g/mol. The summed E-state index contributed by atoms with van der Waals surface area (Å²) >= 11 is 1.91. The van der Waals surface area contributed by atoms with Gasteiger partial charge in [-0.1, -0.05) is 33.8 Å². The number of nitrogens with one attached hydrogen (secondary N) is 1. The van der Waals surface area contributed by atoms with E-state index >= 15 is 0 Å². The first-order chi connectivity index (χ1) is 9.08. The van der Waals surface area contributed by atoms with Crippen molar-refractivity contribution in [2.75, 3.05) is 19.6 Å². The van der Waals surface area contributed by atoms with E-state index in [0.717, 1.165) is 12.5 Å². The number of nitrogens with zero attached hydrogens (tertiary/aromatic N) is 1.